The van der Waals surface area contributed by atoms with Gasteiger partial charge in [0.25, 0.3) is 0 Å². The van der Waals surface area contributed by atoms with Crippen LogP contribution in [0.1, 0.15) is 62.3 Å². The van der Waals surface area contributed by atoms with E-state index >= 15 is 0 Å². The van der Waals surface area contributed by atoms with E-state index in [-0.39, 0.29) is 113 Å². The molecule has 0 aliphatic rings. The topological polar surface area (TPSA) is 0 Å². The molecule has 0 bridgehead atoms. The smallest absolute Gasteiger partial charge is 0 e. The van der Waals surface area contributed by atoms with E-state index in [4.69, 9.17) is 0 Å². The van der Waals surface area contributed by atoms with E-state index in [0.717, 1.165) is 5.92 Å². The molecule has 13 heavy (non-hydrogen) atoms. The first-order chi connectivity index (χ1) is 4.73. The predicted molar refractivity (Wildman–Crippen MR) is 54.6 cm³/mol. The third kappa shape index (κ3) is 210. The summed E-state index contributed by atoms with van der Waals surface area (Å²) in [5.74, 6) is 0.833. The van der Waals surface area contributed by atoms with Crippen molar-refractivity contribution in [3.8, 4) is 0 Å². The summed E-state index contributed by atoms with van der Waals surface area (Å²) in [4.78, 5) is 0. The molecule has 0 aromatic heterocycles. The van der Waals surface area contributed by atoms with Gasteiger partial charge in [-0.25, -0.2) is 0 Å². The van der Waals surface area contributed by atoms with E-state index in [1.165, 1.54) is 0 Å². The normalized spacial score (nSPS) is 4.15. The Kier molecular flexibility index (Phi) is 252. The maximum absolute atomic E-state index is 2.17. The quantitative estimate of drug-likeness (QED) is 0.595. The van der Waals surface area contributed by atoms with Crippen LogP contribution in [0.2, 0.25) is 0 Å². The molecule has 0 N–H and O–H groups in total. The van der Waals surface area contributed by atoms with Crippen molar-refractivity contribution >= 4 is 0 Å². The Morgan fingerprint density at radius 2 is 0.462 bits per heavy atom. The van der Waals surface area contributed by atoms with Crippen molar-refractivity contribution in [1.82, 2.24) is 0 Å². The van der Waals surface area contributed by atoms with Gasteiger partial charge in [0.2, 0.25) is 0 Å². The minimum atomic E-state index is 0. The summed E-state index contributed by atoms with van der Waals surface area (Å²) >= 11 is 0. The minimum absolute atomic E-state index is 0. The molecule has 0 nitrogen and oxygen atoms in total. The van der Waals surface area contributed by atoms with Gasteiger partial charge >= 0.3 is 0 Å². The van der Waals surface area contributed by atoms with Crippen LogP contribution in [0.3, 0.4) is 0 Å². The van der Waals surface area contributed by atoms with Gasteiger partial charge in [0, 0.05) is 113 Å². The van der Waals surface area contributed by atoms with Gasteiger partial charge in [-0.2, -0.15) is 0 Å². The van der Waals surface area contributed by atoms with Crippen LogP contribution in [0, 0.1) is 119 Å². The fourth-order valence-corrected chi connectivity index (χ4v) is 0. The van der Waals surface area contributed by atoms with Crippen LogP contribution >= 0.6 is 0 Å². The fraction of sp³-hybridized carbons (Fsp3) is 1.00. The Morgan fingerprint density at radius 3 is 0.462 bits per heavy atom. The van der Waals surface area contributed by atoms with E-state index in [9.17, 15) is 0 Å². The summed E-state index contributed by atoms with van der Waals surface area (Å²) < 4.78 is 0. The molecule has 0 spiro atoms. The van der Waals surface area contributed by atoms with Crippen LogP contribution in [-0.2, 0) is 0 Å². The molecular weight excluding hydrogens is 240 g/mol. The molecule has 0 fully saturated rings. The second-order valence-corrected chi connectivity index (χ2v) is 1.73. The van der Waals surface area contributed by atoms with E-state index < -0.39 is 0 Å². The zero-order chi connectivity index (χ0) is 9.58. The van der Waals surface area contributed by atoms with Gasteiger partial charge in [-0.05, 0) is 5.92 Å². The molecule has 0 unspecified atom stereocenters. The average molecular weight is 268 g/mol. The molecule has 0 aliphatic heterocycles. The van der Waals surface area contributed by atoms with Crippen molar-refractivity contribution in [2.45, 2.75) is 62.3 Å². The van der Waals surface area contributed by atoms with E-state index in [0.29, 0.717) is 0 Å². The molecule has 3 heteroatoms. The summed E-state index contributed by atoms with van der Waals surface area (Å²) in [7, 11) is 0. The Morgan fingerprint density at radius 1 is 0.462 bits per heavy atom. The molecule has 0 aliphatic carbocycles. The van der Waals surface area contributed by atoms with E-state index in [2.05, 4.69) is 20.8 Å². The maximum Gasteiger partial charge on any atom is 0 e. The molecule has 0 aromatic rings. The summed E-state index contributed by atoms with van der Waals surface area (Å²) in [5, 5.41) is 0. The molecule has 0 rings (SSSR count). The van der Waals surface area contributed by atoms with Crippen LogP contribution in [0.5, 0.6) is 0 Å². The minimum Gasteiger partial charge on any atom is -0.0683 e. The molecule has 92 valence electrons. The predicted octanol–water partition coefficient (Wildman–Crippen LogP) is 4.74. The second-order valence-electron chi connectivity index (χ2n) is 1.73. The SMILES string of the molecule is CC.CC.CC.CC(C)C.[Ar].[Ar].[Ar]. The Hall–Kier alpha value is 3.78. The number of rotatable bonds is 0. The zero-order valence-electron chi connectivity index (χ0n) is 10.6. The van der Waals surface area contributed by atoms with Crippen LogP contribution in [0.25, 0.3) is 0 Å². The molecule has 0 aromatic carbocycles. The van der Waals surface area contributed by atoms with Gasteiger partial charge in [0.05, 0.1) is 0 Å². The third-order valence-electron chi connectivity index (χ3n) is 0. The largest absolute Gasteiger partial charge is 0.0683 e. The summed E-state index contributed by atoms with van der Waals surface area (Å²) in [5.41, 5.74) is 0. The summed E-state index contributed by atoms with van der Waals surface area (Å²) in [6.45, 7) is 18.5. The van der Waals surface area contributed by atoms with Gasteiger partial charge in [-0.1, -0.05) is 62.3 Å². The Labute approximate surface area is 177 Å². The Balaban J connectivity index is -0.00000000727. The third-order valence-corrected chi connectivity index (χ3v) is 0. The van der Waals surface area contributed by atoms with E-state index in [1.54, 1.807) is 0 Å². The van der Waals surface area contributed by atoms with Gasteiger partial charge in [-0.15, -0.1) is 0 Å². The fourth-order valence-electron chi connectivity index (χ4n) is 0. The average Bonchev–Trinajstić information content (AvgIpc) is 1.98. The standard InChI is InChI=1S/C4H10.3C2H6.3Ar/c1-4(2)3;3*1-2;;;/h4H,1-3H3;3*1-2H3;;;. The van der Waals surface area contributed by atoms with Gasteiger partial charge in [0.1, 0.15) is 0 Å². The first-order valence-corrected chi connectivity index (χ1v) is 4.73. The zero-order valence-corrected chi connectivity index (χ0v) is 12.8. The number of hydrogen-bond acceptors (Lipinski definition) is 0. The molecule has 0 saturated heterocycles. The number of hydrogen-bond donors (Lipinski definition) is 0. The molecule has 0 atom stereocenters. The van der Waals surface area contributed by atoms with Gasteiger partial charge in [-0.3, -0.25) is 0 Å². The van der Waals surface area contributed by atoms with E-state index in [1.807, 2.05) is 41.5 Å². The van der Waals surface area contributed by atoms with Crippen molar-refractivity contribution in [2.75, 3.05) is 0 Å². The second kappa shape index (κ2) is 75.0. The molecule has 0 saturated carbocycles. The van der Waals surface area contributed by atoms with Crippen LogP contribution in [0.4, 0.5) is 0 Å². The first kappa shape index (κ1) is 43.7. The van der Waals surface area contributed by atoms with Crippen molar-refractivity contribution in [3.05, 3.63) is 0 Å². The van der Waals surface area contributed by atoms with Crippen LogP contribution in [-0.4, -0.2) is 0 Å². The van der Waals surface area contributed by atoms with Gasteiger partial charge in [0.15, 0.2) is 0 Å². The molecule has 0 radical (unpaired) electrons. The molecular formula is C10H28Ar3. The van der Waals surface area contributed by atoms with Crippen LogP contribution < -0.4 is 0 Å². The summed E-state index contributed by atoms with van der Waals surface area (Å²) in [6, 6.07) is 0. The van der Waals surface area contributed by atoms with Crippen molar-refractivity contribution in [2.24, 2.45) is 5.92 Å². The molecule has 0 heterocycles. The van der Waals surface area contributed by atoms with Crippen molar-refractivity contribution in [1.29, 1.82) is 0 Å². The maximum atomic E-state index is 2.17. The monoisotopic (exact) mass is 268 g/mol. The molecule has 0 amide bonds. The van der Waals surface area contributed by atoms with Gasteiger partial charge < -0.3 is 0 Å². The van der Waals surface area contributed by atoms with Crippen molar-refractivity contribution in [3.63, 3.8) is 0 Å². The van der Waals surface area contributed by atoms with Crippen LogP contribution in [0.15, 0.2) is 0 Å². The summed E-state index contributed by atoms with van der Waals surface area (Å²) in [6.07, 6.45) is 0. The Bertz CT molecular complexity index is 14.9. The van der Waals surface area contributed by atoms with Crippen molar-refractivity contribution < 1.29 is 113 Å². The first-order valence-electron chi connectivity index (χ1n) is 4.73.